The Labute approximate surface area is 142 Å². The molecule has 4 nitrogen and oxygen atoms in total. The van der Waals surface area contributed by atoms with Crippen molar-refractivity contribution < 1.29 is 9.21 Å². The van der Waals surface area contributed by atoms with Crippen LogP contribution in [0.2, 0.25) is 0 Å². The van der Waals surface area contributed by atoms with Crippen LogP contribution in [0.1, 0.15) is 21.6 Å². The average Bonchev–Trinajstić information content (AvgIpc) is 2.91. The second kappa shape index (κ2) is 6.36. The number of thiazole rings is 1. The predicted molar refractivity (Wildman–Crippen MR) is 92.0 cm³/mol. The summed E-state index contributed by atoms with van der Waals surface area (Å²) in [7, 11) is 0. The monoisotopic (exact) mass is 395 g/mol. The number of carbonyl (C=O) groups excluding carboxylic acids is 1. The fourth-order valence-electron chi connectivity index (χ4n) is 2.02. The van der Waals surface area contributed by atoms with Crippen LogP contribution in [-0.2, 0) is 5.75 Å². The molecule has 0 aliphatic rings. The second-order valence-electron chi connectivity index (χ2n) is 4.62. The van der Waals surface area contributed by atoms with Gasteiger partial charge in [0.15, 0.2) is 6.29 Å². The van der Waals surface area contributed by atoms with E-state index in [4.69, 9.17) is 4.42 Å². The van der Waals surface area contributed by atoms with E-state index in [1.54, 1.807) is 29.2 Å². The van der Waals surface area contributed by atoms with Crippen molar-refractivity contribution in [3.63, 3.8) is 0 Å². The third-order valence-electron chi connectivity index (χ3n) is 3.02. The number of aldehydes is 1. The molecule has 0 N–H and O–H groups in total. The van der Waals surface area contributed by atoms with Crippen LogP contribution in [0.15, 0.2) is 41.8 Å². The van der Waals surface area contributed by atoms with Gasteiger partial charge in [0.1, 0.15) is 16.2 Å². The lowest BCUT2D eigenvalue weighted by Gasteiger charge is -2.06. The zero-order chi connectivity index (χ0) is 15.7. The first kappa shape index (κ1) is 15.5. The van der Waals surface area contributed by atoms with E-state index < -0.39 is 0 Å². The molecule has 0 saturated carbocycles. The quantitative estimate of drug-likeness (QED) is 0.483. The molecule has 0 saturated heterocycles. The highest BCUT2D eigenvalue weighted by molar-refractivity contribution is 9.10. The first-order valence-corrected chi connectivity index (χ1v) is 8.98. The predicted octanol–water partition coefficient (Wildman–Crippen LogP) is 4.43. The number of rotatable bonds is 4. The topological polar surface area (TPSA) is 60.2 Å². The Morgan fingerprint density at radius 2 is 2.27 bits per heavy atom. The number of hydrogen-bond acceptors (Lipinski definition) is 6. The molecule has 0 radical (unpaired) electrons. The van der Waals surface area contributed by atoms with Crippen LogP contribution in [0.3, 0.4) is 0 Å². The van der Waals surface area contributed by atoms with Gasteiger partial charge in [-0.1, -0.05) is 27.7 Å². The summed E-state index contributed by atoms with van der Waals surface area (Å²) in [6.45, 7) is 1.95. The molecule has 0 unspecified atom stereocenters. The molecule has 1 aromatic carbocycles. The maximum absolute atomic E-state index is 12.2. The van der Waals surface area contributed by atoms with Gasteiger partial charge in [0, 0.05) is 26.9 Å². The molecule has 0 spiro atoms. The van der Waals surface area contributed by atoms with Crippen LogP contribution in [0, 0.1) is 6.92 Å². The number of hydrogen-bond donors (Lipinski definition) is 0. The molecule has 0 aliphatic heterocycles. The van der Waals surface area contributed by atoms with Gasteiger partial charge < -0.3 is 4.42 Å². The summed E-state index contributed by atoms with van der Waals surface area (Å²) in [4.78, 5) is 27.5. The lowest BCUT2D eigenvalue weighted by Crippen LogP contribution is -2.08. The third kappa shape index (κ3) is 3.02. The van der Waals surface area contributed by atoms with E-state index in [0.717, 1.165) is 20.1 Å². The van der Waals surface area contributed by atoms with Crippen molar-refractivity contribution >= 4 is 56.3 Å². The number of halogens is 1. The first-order valence-electron chi connectivity index (χ1n) is 6.32. The summed E-state index contributed by atoms with van der Waals surface area (Å²) in [5.74, 6) is 0.631. The molecule has 112 valence electrons. The lowest BCUT2D eigenvalue weighted by atomic mass is 10.1. The van der Waals surface area contributed by atoms with Crippen molar-refractivity contribution in [2.45, 2.75) is 17.0 Å². The Bertz CT molecular complexity index is 917. The third-order valence-corrected chi connectivity index (χ3v) is 5.66. The largest absolute Gasteiger partial charge is 0.463 e. The van der Waals surface area contributed by atoms with E-state index in [1.807, 2.05) is 18.4 Å². The summed E-state index contributed by atoms with van der Waals surface area (Å²) in [6.07, 6.45) is 1.73. The SMILES string of the molecule is Cc1csc(SCc2cc(Br)cc3c(=O)c(C=O)coc23)n1. The van der Waals surface area contributed by atoms with Gasteiger partial charge in [0.2, 0.25) is 5.43 Å². The summed E-state index contributed by atoms with van der Waals surface area (Å²) in [5.41, 5.74) is 2.11. The zero-order valence-corrected chi connectivity index (χ0v) is 14.7. The van der Waals surface area contributed by atoms with Crippen LogP contribution in [0.25, 0.3) is 11.0 Å². The summed E-state index contributed by atoms with van der Waals surface area (Å²) in [6, 6.07) is 3.59. The van der Waals surface area contributed by atoms with Crippen molar-refractivity contribution in [2.24, 2.45) is 0 Å². The molecular formula is C15H10BrNO3S2. The van der Waals surface area contributed by atoms with Crippen LogP contribution >= 0.6 is 39.0 Å². The van der Waals surface area contributed by atoms with Crippen molar-refractivity contribution in [2.75, 3.05) is 0 Å². The minimum atomic E-state index is -0.311. The fraction of sp³-hybridized carbons (Fsp3) is 0.133. The van der Waals surface area contributed by atoms with Gasteiger partial charge in [-0.25, -0.2) is 4.98 Å². The number of carbonyl (C=O) groups is 1. The molecule has 7 heteroatoms. The highest BCUT2D eigenvalue weighted by Gasteiger charge is 2.12. The second-order valence-corrected chi connectivity index (χ2v) is 7.62. The molecule has 2 aromatic heterocycles. The Balaban J connectivity index is 2.03. The van der Waals surface area contributed by atoms with Gasteiger partial charge in [-0.05, 0) is 19.1 Å². The van der Waals surface area contributed by atoms with Gasteiger partial charge in [0.05, 0.1) is 10.9 Å². The fourth-order valence-corrected chi connectivity index (χ4v) is 4.34. The molecule has 0 fully saturated rings. The maximum Gasteiger partial charge on any atom is 0.203 e. The van der Waals surface area contributed by atoms with Gasteiger partial charge in [-0.2, -0.15) is 0 Å². The van der Waals surface area contributed by atoms with E-state index in [-0.39, 0.29) is 11.0 Å². The smallest absolute Gasteiger partial charge is 0.203 e. The molecule has 3 aromatic rings. The van der Waals surface area contributed by atoms with Crippen molar-refractivity contribution in [1.82, 2.24) is 4.98 Å². The molecular weight excluding hydrogens is 386 g/mol. The van der Waals surface area contributed by atoms with Crippen molar-refractivity contribution in [3.8, 4) is 0 Å². The van der Waals surface area contributed by atoms with Gasteiger partial charge in [-0.3, -0.25) is 9.59 Å². The minimum Gasteiger partial charge on any atom is -0.463 e. The minimum absolute atomic E-state index is 0.0275. The van der Waals surface area contributed by atoms with Gasteiger partial charge >= 0.3 is 0 Å². The number of thioether (sulfide) groups is 1. The molecule has 0 bridgehead atoms. The van der Waals surface area contributed by atoms with E-state index in [9.17, 15) is 9.59 Å². The van der Waals surface area contributed by atoms with E-state index in [0.29, 0.717) is 23.0 Å². The summed E-state index contributed by atoms with van der Waals surface area (Å²) in [5, 5.41) is 2.41. The standard InChI is InChI=1S/C15H10BrNO3S2/c1-8-6-21-15(17-8)22-7-9-2-11(16)3-12-13(19)10(4-18)5-20-14(9)12/h2-6H,7H2,1H3. The van der Waals surface area contributed by atoms with Crippen molar-refractivity contribution in [1.29, 1.82) is 0 Å². The highest BCUT2D eigenvalue weighted by atomic mass is 79.9. The Kier molecular flexibility index (Phi) is 4.46. The number of benzene rings is 1. The number of fused-ring (bicyclic) bond motifs is 1. The molecule has 22 heavy (non-hydrogen) atoms. The molecule has 0 amide bonds. The van der Waals surface area contributed by atoms with Crippen LogP contribution in [0.5, 0.6) is 0 Å². The van der Waals surface area contributed by atoms with Crippen LogP contribution in [0.4, 0.5) is 0 Å². The highest BCUT2D eigenvalue weighted by Crippen LogP contribution is 2.30. The van der Waals surface area contributed by atoms with E-state index >= 15 is 0 Å². The maximum atomic E-state index is 12.2. The number of nitrogens with zero attached hydrogens (tertiary/aromatic N) is 1. The van der Waals surface area contributed by atoms with Gasteiger partial charge in [-0.15, -0.1) is 11.3 Å². The lowest BCUT2D eigenvalue weighted by molar-refractivity contribution is 0.112. The molecule has 2 heterocycles. The van der Waals surface area contributed by atoms with Crippen LogP contribution in [-0.4, -0.2) is 11.3 Å². The zero-order valence-electron chi connectivity index (χ0n) is 11.5. The number of aromatic nitrogens is 1. The van der Waals surface area contributed by atoms with Gasteiger partial charge in [0.25, 0.3) is 0 Å². The Hall–Kier alpha value is -1.44. The molecule has 3 rings (SSSR count). The van der Waals surface area contributed by atoms with E-state index in [1.165, 1.54) is 6.26 Å². The Morgan fingerprint density at radius 1 is 1.45 bits per heavy atom. The number of aryl methyl sites for hydroxylation is 1. The van der Waals surface area contributed by atoms with Crippen LogP contribution < -0.4 is 5.43 Å². The Morgan fingerprint density at radius 3 is 2.95 bits per heavy atom. The normalized spacial score (nSPS) is 11.0. The van der Waals surface area contributed by atoms with E-state index in [2.05, 4.69) is 20.9 Å². The summed E-state index contributed by atoms with van der Waals surface area (Å²) >= 11 is 6.58. The molecule has 0 atom stereocenters. The summed E-state index contributed by atoms with van der Waals surface area (Å²) < 4.78 is 7.26. The van der Waals surface area contributed by atoms with Crippen molar-refractivity contribution in [3.05, 3.63) is 55.3 Å². The first-order chi connectivity index (χ1) is 10.6. The molecule has 0 aliphatic carbocycles. The average molecular weight is 396 g/mol.